The van der Waals surface area contributed by atoms with Crippen LogP contribution in [0, 0.1) is 6.92 Å². The van der Waals surface area contributed by atoms with Crippen LogP contribution < -0.4 is 4.72 Å². The van der Waals surface area contributed by atoms with Crippen LogP contribution in [-0.2, 0) is 10.0 Å². The number of halogens is 1. The first kappa shape index (κ1) is 15.0. The highest BCUT2D eigenvalue weighted by Crippen LogP contribution is 2.20. The van der Waals surface area contributed by atoms with Crippen LogP contribution in [-0.4, -0.2) is 27.0 Å². The summed E-state index contributed by atoms with van der Waals surface area (Å²) in [5.41, 5.74) is 0.755. The van der Waals surface area contributed by atoms with E-state index in [4.69, 9.17) is 0 Å². The summed E-state index contributed by atoms with van der Waals surface area (Å²) >= 11 is 5.00. The Morgan fingerprint density at radius 2 is 2.12 bits per heavy atom. The molecule has 0 fully saturated rings. The first-order chi connectivity index (χ1) is 7.97. The molecular formula is C11H16BrNO2S2. The summed E-state index contributed by atoms with van der Waals surface area (Å²) < 4.78 is 27.4. The van der Waals surface area contributed by atoms with Crippen LogP contribution in [0.15, 0.2) is 27.6 Å². The third-order valence-electron chi connectivity index (χ3n) is 2.26. The average Bonchev–Trinajstić information content (AvgIpc) is 2.28. The molecule has 6 heteroatoms. The van der Waals surface area contributed by atoms with Gasteiger partial charge < -0.3 is 0 Å². The van der Waals surface area contributed by atoms with Gasteiger partial charge in [0.05, 0.1) is 4.90 Å². The van der Waals surface area contributed by atoms with Gasteiger partial charge in [0.1, 0.15) is 0 Å². The number of hydrogen-bond acceptors (Lipinski definition) is 3. The summed E-state index contributed by atoms with van der Waals surface area (Å²) in [6, 6.07) is 5.26. The number of rotatable bonds is 6. The lowest BCUT2D eigenvalue weighted by Gasteiger charge is -2.09. The van der Waals surface area contributed by atoms with Gasteiger partial charge in [0.15, 0.2) is 0 Å². The summed E-state index contributed by atoms with van der Waals surface area (Å²) in [6.45, 7) is 2.28. The number of thioether (sulfide) groups is 1. The van der Waals surface area contributed by atoms with Crippen LogP contribution in [0.3, 0.4) is 0 Å². The second-order valence-corrected chi connectivity index (χ2v) is 7.29. The zero-order valence-electron chi connectivity index (χ0n) is 9.86. The van der Waals surface area contributed by atoms with Gasteiger partial charge in [-0.2, -0.15) is 11.8 Å². The SMILES string of the molecule is CSCCCNS(=O)(=O)c1cc(Br)ccc1C. The maximum absolute atomic E-state index is 12.0. The smallest absolute Gasteiger partial charge is 0.211 e. The van der Waals surface area contributed by atoms with Crippen molar-refractivity contribution in [1.29, 1.82) is 0 Å². The number of sulfonamides is 1. The van der Waals surface area contributed by atoms with E-state index in [1.165, 1.54) is 0 Å². The zero-order chi connectivity index (χ0) is 12.9. The van der Waals surface area contributed by atoms with Crippen molar-refractivity contribution in [2.75, 3.05) is 18.6 Å². The van der Waals surface area contributed by atoms with Gasteiger partial charge in [-0.05, 0) is 43.0 Å². The van der Waals surface area contributed by atoms with E-state index in [1.54, 1.807) is 30.8 Å². The van der Waals surface area contributed by atoms with E-state index in [1.807, 2.05) is 12.3 Å². The molecular weight excluding hydrogens is 322 g/mol. The Balaban J connectivity index is 2.79. The van der Waals surface area contributed by atoms with Crippen molar-refractivity contribution < 1.29 is 8.42 Å². The molecule has 0 saturated heterocycles. The molecule has 0 amide bonds. The highest BCUT2D eigenvalue weighted by Gasteiger charge is 2.16. The quantitative estimate of drug-likeness (QED) is 0.812. The normalized spacial score (nSPS) is 11.7. The van der Waals surface area contributed by atoms with Crippen LogP contribution in [0.5, 0.6) is 0 Å². The fraction of sp³-hybridized carbons (Fsp3) is 0.455. The third-order valence-corrected chi connectivity index (χ3v) is 5.05. The summed E-state index contributed by atoms with van der Waals surface area (Å²) in [7, 11) is -3.38. The molecule has 0 spiro atoms. The molecule has 0 heterocycles. The molecule has 3 nitrogen and oxygen atoms in total. The second-order valence-electron chi connectivity index (χ2n) is 3.65. The molecule has 1 aromatic rings. The number of benzene rings is 1. The van der Waals surface area contributed by atoms with Crippen molar-refractivity contribution in [2.24, 2.45) is 0 Å². The third kappa shape index (κ3) is 4.62. The van der Waals surface area contributed by atoms with E-state index in [0.717, 1.165) is 22.2 Å². The van der Waals surface area contributed by atoms with Crippen molar-refractivity contribution in [2.45, 2.75) is 18.2 Å². The first-order valence-corrected chi connectivity index (χ1v) is 8.89. The summed E-state index contributed by atoms with van der Waals surface area (Å²) in [5.74, 6) is 0.958. The van der Waals surface area contributed by atoms with Gasteiger partial charge in [0, 0.05) is 11.0 Å². The minimum Gasteiger partial charge on any atom is -0.211 e. The molecule has 0 atom stereocenters. The highest BCUT2D eigenvalue weighted by atomic mass is 79.9. The minimum atomic E-state index is -3.38. The van der Waals surface area contributed by atoms with Crippen molar-refractivity contribution in [3.05, 3.63) is 28.2 Å². The molecule has 1 N–H and O–H groups in total. The van der Waals surface area contributed by atoms with Gasteiger partial charge >= 0.3 is 0 Å². The van der Waals surface area contributed by atoms with E-state index in [9.17, 15) is 8.42 Å². The van der Waals surface area contributed by atoms with Crippen LogP contribution in [0.25, 0.3) is 0 Å². The van der Waals surface area contributed by atoms with Gasteiger partial charge in [-0.3, -0.25) is 0 Å². The predicted octanol–water partition coefficient (Wildman–Crippen LogP) is 2.79. The Labute approximate surface area is 116 Å². The second kappa shape index (κ2) is 6.78. The fourth-order valence-electron chi connectivity index (χ4n) is 1.36. The Bertz CT molecular complexity index is 474. The molecule has 0 saturated carbocycles. The van der Waals surface area contributed by atoms with E-state index < -0.39 is 10.0 Å². The maximum Gasteiger partial charge on any atom is 0.240 e. The van der Waals surface area contributed by atoms with Crippen molar-refractivity contribution in [3.8, 4) is 0 Å². The van der Waals surface area contributed by atoms with Crippen molar-refractivity contribution >= 4 is 37.7 Å². The molecule has 0 aliphatic carbocycles. The van der Waals surface area contributed by atoms with Crippen LogP contribution in [0.4, 0.5) is 0 Å². The molecule has 0 bridgehead atoms. The molecule has 17 heavy (non-hydrogen) atoms. The Hall–Kier alpha value is -0.0400. The van der Waals surface area contributed by atoms with Gasteiger partial charge in [-0.1, -0.05) is 22.0 Å². The Kier molecular flexibility index (Phi) is 5.99. The highest BCUT2D eigenvalue weighted by molar-refractivity contribution is 9.10. The summed E-state index contributed by atoms with van der Waals surface area (Å²) in [4.78, 5) is 0.344. The Morgan fingerprint density at radius 1 is 1.41 bits per heavy atom. The standard InChI is InChI=1S/C11H16BrNO2S2/c1-9-4-5-10(12)8-11(9)17(14,15)13-6-3-7-16-2/h4-5,8,13H,3,6-7H2,1-2H3. The van der Waals surface area contributed by atoms with E-state index >= 15 is 0 Å². The maximum atomic E-state index is 12.0. The van der Waals surface area contributed by atoms with E-state index in [2.05, 4.69) is 20.7 Å². The van der Waals surface area contributed by atoms with Crippen LogP contribution >= 0.6 is 27.7 Å². The molecule has 0 aliphatic rings. The molecule has 0 radical (unpaired) electrons. The fourth-order valence-corrected chi connectivity index (χ4v) is 3.65. The van der Waals surface area contributed by atoms with Crippen LogP contribution in [0.1, 0.15) is 12.0 Å². The van der Waals surface area contributed by atoms with Crippen molar-refractivity contribution in [3.63, 3.8) is 0 Å². The zero-order valence-corrected chi connectivity index (χ0v) is 13.1. The van der Waals surface area contributed by atoms with Crippen LogP contribution in [0.2, 0.25) is 0 Å². The molecule has 0 aromatic heterocycles. The lowest BCUT2D eigenvalue weighted by molar-refractivity contribution is 0.580. The van der Waals surface area contributed by atoms with Crippen molar-refractivity contribution in [1.82, 2.24) is 4.72 Å². The number of aryl methyl sites for hydroxylation is 1. The van der Waals surface area contributed by atoms with Gasteiger partial charge in [0.25, 0.3) is 0 Å². The number of hydrogen-bond donors (Lipinski definition) is 1. The summed E-state index contributed by atoms with van der Waals surface area (Å²) in [5, 5.41) is 0. The molecule has 1 aromatic carbocycles. The topological polar surface area (TPSA) is 46.2 Å². The Morgan fingerprint density at radius 3 is 2.76 bits per heavy atom. The largest absolute Gasteiger partial charge is 0.240 e. The molecule has 0 aliphatic heterocycles. The molecule has 0 unspecified atom stereocenters. The lowest BCUT2D eigenvalue weighted by atomic mass is 10.2. The van der Waals surface area contributed by atoms with E-state index in [0.29, 0.717) is 11.4 Å². The average molecular weight is 338 g/mol. The predicted molar refractivity (Wildman–Crippen MR) is 77.1 cm³/mol. The van der Waals surface area contributed by atoms with Gasteiger partial charge in [0.2, 0.25) is 10.0 Å². The monoisotopic (exact) mass is 337 g/mol. The van der Waals surface area contributed by atoms with Gasteiger partial charge in [-0.25, -0.2) is 13.1 Å². The first-order valence-electron chi connectivity index (χ1n) is 5.22. The summed E-state index contributed by atoms with van der Waals surface area (Å²) in [6.07, 6.45) is 2.85. The van der Waals surface area contributed by atoms with E-state index in [-0.39, 0.29) is 0 Å². The lowest BCUT2D eigenvalue weighted by Crippen LogP contribution is -2.25. The minimum absolute atomic E-state index is 0.344. The molecule has 1 rings (SSSR count). The molecule has 96 valence electrons. The number of nitrogens with one attached hydrogen (secondary N) is 1. The van der Waals surface area contributed by atoms with Gasteiger partial charge in [-0.15, -0.1) is 0 Å².